The highest BCUT2D eigenvalue weighted by Crippen LogP contribution is 2.36. The predicted molar refractivity (Wildman–Crippen MR) is 117 cm³/mol. The number of nitrogens with one attached hydrogen (secondary N) is 1. The van der Waals surface area contributed by atoms with E-state index in [0.29, 0.717) is 17.6 Å². The fourth-order valence-corrected chi connectivity index (χ4v) is 3.95. The largest absolute Gasteiger partial charge is 0.320 e. The maximum atomic E-state index is 13.0. The van der Waals surface area contributed by atoms with Crippen LogP contribution in [0.1, 0.15) is 54.0 Å². The Morgan fingerprint density at radius 3 is 2.62 bits per heavy atom. The lowest BCUT2D eigenvalue weighted by atomic mass is 10.0. The van der Waals surface area contributed by atoms with Crippen LogP contribution in [0.5, 0.6) is 0 Å². The van der Waals surface area contributed by atoms with Gasteiger partial charge in [0.15, 0.2) is 0 Å². The summed E-state index contributed by atoms with van der Waals surface area (Å²) in [5, 5.41) is 3.04. The van der Waals surface area contributed by atoms with Gasteiger partial charge in [-0.05, 0) is 55.5 Å². The summed E-state index contributed by atoms with van der Waals surface area (Å²) in [6, 6.07) is 18.2. The van der Waals surface area contributed by atoms with Crippen molar-refractivity contribution >= 4 is 23.2 Å². The van der Waals surface area contributed by atoms with Crippen LogP contribution in [0.4, 0.5) is 17.3 Å². The molecule has 1 amide bonds. The quantitative estimate of drug-likeness (QED) is 0.666. The number of aromatic nitrogens is 2. The van der Waals surface area contributed by atoms with Crippen molar-refractivity contribution in [3.8, 4) is 0 Å². The Kier molecular flexibility index (Phi) is 5.05. The van der Waals surface area contributed by atoms with Crippen molar-refractivity contribution in [2.45, 2.75) is 46.1 Å². The van der Waals surface area contributed by atoms with E-state index in [0.717, 1.165) is 29.1 Å². The zero-order valence-corrected chi connectivity index (χ0v) is 17.3. The van der Waals surface area contributed by atoms with Gasteiger partial charge >= 0.3 is 0 Å². The van der Waals surface area contributed by atoms with Gasteiger partial charge in [-0.3, -0.25) is 4.79 Å². The van der Waals surface area contributed by atoms with Crippen molar-refractivity contribution in [1.29, 1.82) is 0 Å². The third kappa shape index (κ3) is 3.73. The molecular weight excluding hydrogens is 360 g/mol. The number of carbonyl (C=O) groups excluding carboxylic acids is 1. The van der Waals surface area contributed by atoms with Crippen LogP contribution in [0, 0.1) is 6.92 Å². The van der Waals surface area contributed by atoms with E-state index in [1.807, 2.05) is 37.3 Å². The van der Waals surface area contributed by atoms with Crippen molar-refractivity contribution in [2.24, 2.45) is 0 Å². The first kappa shape index (κ1) is 19.1. The second kappa shape index (κ2) is 7.66. The van der Waals surface area contributed by atoms with Crippen LogP contribution in [0.3, 0.4) is 0 Å². The van der Waals surface area contributed by atoms with Crippen molar-refractivity contribution < 1.29 is 4.79 Å². The zero-order chi connectivity index (χ0) is 20.5. The number of hydrogen-bond acceptors (Lipinski definition) is 4. The second-order valence-electron chi connectivity index (χ2n) is 7.94. The summed E-state index contributed by atoms with van der Waals surface area (Å²) in [6.07, 6.45) is 0.941. The van der Waals surface area contributed by atoms with Crippen LogP contribution in [-0.4, -0.2) is 21.9 Å². The number of aryl methyl sites for hydroxylation is 1. The van der Waals surface area contributed by atoms with Gasteiger partial charge in [0.2, 0.25) is 5.95 Å². The Hall–Kier alpha value is -3.21. The average Bonchev–Trinajstić information content (AvgIpc) is 3.03. The Balaban J connectivity index is 1.67. The van der Waals surface area contributed by atoms with E-state index in [9.17, 15) is 4.79 Å². The number of para-hydroxylation sites is 2. The van der Waals surface area contributed by atoms with Gasteiger partial charge in [-0.1, -0.05) is 50.2 Å². The molecule has 5 nitrogen and oxygen atoms in total. The highest BCUT2D eigenvalue weighted by molar-refractivity contribution is 6.03. The molecular formula is C24H26N4O. The lowest BCUT2D eigenvalue weighted by molar-refractivity contribution is 0.102. The summed E-state index contributed by atoms with van der Waals surface area (Å²) in [5.41, 5.74) is 5.47. The molecule has 4 rings (SSSR count). The molecule has 2 heterocycles. The highest BCUT2D eigenvalue weighted by atomic mass is 16.1. The molecule has 1 aromatic heterocycles. The lowest BCUT2D eigenvalue weighted by Gasteiger charge is -2.23. The number of amides is 1. The minimum atomic E-state index is -0.218. The van der Waals surface area contributed by atoms with Crippen molar-refractivity contribution in [3.05, 3.63) is 77.1 Å². The molecule has 0 saturated heterocycles. The van der Waals surface area contributed by atoms with E-state index in [2.05, 4.69) is 59.2 Å². The molecule has 0 bridgehead atoms. The van der Waals surface area contributed by atoms with Crippen LogP contribution < -0.4 is 10.2 Å². The fraction of sp³-hybridized carbons (Fsp3) is 0.292. The van der Waals surface area contributed by atoms with Gasteiger partial charge < -0.3 is 10.2 Å². The summed E-state index contributed by atoms with van der Waals surface area (Å²) in [4.78, 5) is 24.4. The molecule has 0 radical (unpaired) electrons. The van der Waals surface area contributed by atoms with Crippen molar-refractivity contribution in [3.63, 3.8) is 0 Å². The summed E-state index contributed by atoms with van der Waals surface area (Å²) < 4.78 is 0. The molecule has 3 aromatic rings. The summed E-state index contributed by atoms with van der Waals surface area (Å²) >= 11 is 0. The minimum Gasteiger partial charge on any atom is -0.320 e. The molecule has 1 unspecified atom stereocenters. The minimum absolute atomic E-state index is 0.218. The van der Waals surface area contributed by atoms with E-state index in [-0.39, 0.29) is 11.9 Å². The number of hydrogen-bond donors (Lipinski definition) is 1. The first-order chi connectivity index (χ1) is 13.9. The van der Waals surface area contributed by atoms with Crippen LogP contribution in [0.15, 0.2) is 54.6 Å². The second-order valence-corrected chi connectivity index (χ2v) is 7.94. The van der Waals surface area contributed by atoms with Gasteiger partial charge in [0.25, 0.3) is 5.91 Å². The normalized spacial score (nSPS) is 15.5. The van der Waals surface area contributed by atoms with Gasteiger partial charge in [-0.15, -0.1) is 0 Å². The van der Waals surface area contributed by atoms with E-state index < -0.39 is 0 Å². The number of benzene rings is 2. The molecule has 1 aliphatic heterocycles. The van der Waals surface area contributed by atoms with Crippen LogP contribution in [0.25, 0.3) is 0 Å². The first-order valence-corrected chi connectivity index (χ1v) is 10.1. The number of rotatable bonds is 4. The Bertz CT molecular complexity index is 1060. The Morgan fingerprint density at radius 2 is 1.83 bits per heavy atom. The molecule has 29 heavy (non-hydrogen) atoms. The van der Waals surface area contributed by atoms with E-state index in [4.69, 9.17) is 0 Å². The molecule has 0 spiro atoms. The Labute approximate surface area is 171 Å². The molecule has 0 saturated carbocycles. The topological polar surface area (TPSA) is 58.1 Å². The molecule has 148 valence electrons. The molecule has 0 aliphatic carbocycles. The van der Waals surface area contributed by atoms with Crippen molar-refractivity contribution in [2.75, 3.05) is 10.2 Å². The van der Waals surface area contributed by atoms with Gasteiger partial charge in [-0.25, -0.2) is 9.97 Å². The number of anilines is 3. The van der Waals surface area contributed by atoms with E-state index >= 15 is 0 Å². The van der Waals surface area contributed by atoms with E-state index in [1.165, 1.54) is 5.56 Å². The Morgan fingerprint density at radius 1 is 1.10 bits per heavy atom. The monoisotopic (exact) mass is 386 g/mol. The standard InChI is InChI=1S/C24H26N4O/c1-15(2)19-10-6-7-11-20(19)26-23(29)21-13-16(3)25-24(27-21)28-17(4)14-18-9-5-8-12-22(18)28/h5-13,15,17H,14H2,1-4H3,(H,26,29). The van der Waals surface area contributed by atoms with Crippen LogP contribution in [0.2, 0.25) is 0 Å². The van der Waals surface area contributed by atoms with E-state index in [1.54, 1.807) is 6.07 Å². The third-order valence-corrected chi connectivity index (χ3v) is 5.33. The predicted octanol–water partition coefficient (Wildman–Crippen LogP) is 5.24. The van der Waals surface area contributed by atoms with Crippen molar-refractivity contribution in [1.82, 2.24) is 9.97 Å². The van der Waals surface area contributed by atoms with Gasteiger partial charge in [-0.2, -0.15) is 0 Å². The first-order valence-electron chi connectivity index (χ1n) is 10.1. The summed E-state index contributed by atoms with van der Waals surface area (Å²) in [5.74, 6) is 0.672. The number of carbonyl (C=O) groups is 1. The summed E-state index contributed by atoms with van der Waals surface area (Å²) in [7, 11) is 0. The molecule has 1 atom stereocenters. The average molecular weight is 386 g/mol. The maximum Gasteiger partial charge on any atom is 0.274 e. The van der Waals surface area contributed by atoms with Crippen LogP contribution in [-0.2, 0) is 6.42 Å². The molecule has 5 heteroatoms. The third-order valence-electron chi connectivity index (χ3n) is 5.33. The maximum absolute atomic E-state index is 13.0. The number of fused-ring (bicyclic) bond motifs is 1. The van der Waals surface area contributed by atoms with Gasteiger partial charge in [0, 0.05) is 23.1 Å². The summed E-state index contributed by atoms with van der Waals surface area (Å²) in [6.45, 7) is 8.29. The van der Waals surface area contributed by atoms with Crippen LogP contribution >= 0.6 is 0 Å². The smallest absolute Gasteiger partial charge is 0.274 e. The zero-order valence-electron chi connectivity index (χ0n) is 17.3. The molecule has 1 N–H and O–H groups in total. The highest BCUT2D eigenvalue weighted by Gasteiger charge is 2.29. The van der Waals surface area contributed by atoms with Gasteiger partial charge in [0.1, 0.15) is 5.69 Å². The SMILES string of the molecule is Cc1cc(C(=O)Nc2ccccc2C(C)C)nc(N2c3ccccc3CC2C)n1. The molecule has 0 fully saturated rings. The van der Waals surface area contributed by atoms with Gasteiger partial charge in [0.05, 0.1) is 0 Å². The fourth-order valence-electron chi connectivity index (χ4n) is 3.95. The lowest BCUT2D eigenvalue weighted by Crippen LogP contribution is -2.27. The molecule has 2 aromatic carbocycles. The molecule has 1 aliphatic rings. The number of nitrogens with zero attached hydrogens (tertiary/aromatic N) is 3.